The fourth-order valence-corrected chi connectivity index (χ4v) is 7.73. The van der Waals surface area contributed by atoms with Gasteiger partial charge < -0.3 is 9.32 Å². The third-order valence-corrected chi connectivity index (χ3v) is 9.67. The highest BCUT2D eigenvalue weighted by atomic mass is 32.1. The summed E-state index contributed by atoms with van der Waals surface area (Å²) >= 11 is 1.87. The monoisotopic (exact) mass is 567 g/mol. The molecule has 9 aromatic rings. The third kappa shape index (κ3) is 3.79. The second-order valence-electron chi connectivity index (χ2n) is 10.9. The number of para-hydroxylation sites is 2. The van der Waals surface area contributed by atoms with Gasteiger partial charge in [0.2, 0.25) is 0 Å². The molecule has 0 radical (unpaired) electrons. The van der Waals surface area contributed by atoms with E-state index >= 15 is 0 Å². The van der Waals surface area contributed by atoms with E-state index in [1.807, 2.05) is 17.4 Å². The number of benzene rings is 7. The van der Waals surface area contributed by atoms with Crippen molar-refractivity contribution in [1.82, 2.24) is 0 Å². The molecule has 0 unspecified atom stereocenters. The highest BCUT2D eigenvalue weighted by molar-refractivity contribution is 7.26. The lowest BCUT2D eigenvalue weighted by atomic mass is 10.0. The Morgan fingerprint density at radius 1 is 0.512 bits per heavy atom. The maximum atomic E-state index is 6.65. The summed E-state index contributed by atoms with van der Waals surface area (Å²) in [6.45, 7) is 0. The molecule has 0 saturated heterocycles. The summed E-state index contributed by atoms with van der Waals surface area (Å²) in [5, 5.41) is 7.31. The van der Waals surface area contributed by atoms with E-state index < -0.39 is 0 Å². The van der Waals surface area contributed by atoms with Crippen LogP contribution in [0.25, 0.3) is 64.0 Å². The number of fused-ring (bicyclic) bond motifs is 8. The molecular weight excluding hydrogens is 543 g/mol. The van der Waals surface area contributed by atoms with Crippen LogP contribution in [0.15, 0.2) is 156 Å². The standard InChI is InChI=1S/C40H25NOS/c1-2-12-28(13-3-1)41(35-25-27-11-4-5-14-30(27)38-34-16-6-8-19-36(34)42-39(35)38)29-23-21-26(22-24-29)31-17-10-18-33-32-15-7-9-20-37(32)43-40(31)33/h1-25H. The minimum Gasteiger partial charge on any atom is -0.454 e. The molecule has 0 bridgehead atoms. The van der Waals surface area contributed by atoms with Gasteiger partial charge in [-0.3, -0.25) is 0 Å². The topological polar surface area (TPSA) is 16.4 Å². The van der Waals surface area contributed by atoms with Gasteiger partial charge >= 0.3 is 0 Å². The van der Waals surface area contributed by atoms with Gasteiger partial charge in [0.1, 0.15) is 5.58 Å². The van der Waals surface area contributed by atoms with Crippen LogP contribution in [0.4, 0.5) is 17.1 Å². The average Bonchev–Trinajstić information content (AvgIpc) is 3.65. The molecule has 0 amide bonds. The van der Waals surface area contributed by atoms with Gasteiger partial charge in [-0.05, 0) is 64.4 Å². The van der Waals surface area contributed by atoms with Crippen LogP contribution in [0.1, 0.15) is 0 Å². The Hall–Kier alpha value is -5.38. The predicted molar refractivity (Wildman–Crippen MR) is 184 cm³/mol. The maximum absolute atomic E-state index is 6.65. The third-order valence-electron chi connectivity index (χ3n) is 8.45. The lowest BCUT2D eigenvalue weighted by Gasteiger charge is -2.26. The van der Waals surface area contributed by atoms with Crippen LogP contribution >= 0.6 is 11.3 Å². The van der Waals surface area contributed by atoms with E-state index in [1.165, 1.54) is 42.1 Å². The van der Waals surface area contributed by atoms with Gasteiger partial charge in [-0.1, -0.05) is 109 Å². The summed E-state index contributed by atoms with van der Waals surface area (Å²) in [5.74, 6) is 0. The van der Waals surface area contributed by atoms with Crippen LogP contribution in [0.2, 0.25) is 0 Å². The first-order chi connectivity index (χ1) is 21.3. The summed E-state index contributed by atoms with van der Waals surface area (Å²) in [5.41, 5.74) is 7.45. The fraction of sp³-hybridized carbons (Fsp3) is 0. The normalized spacial score (nSPS) is 11.7. The number of anilines is 3. The van der Waals surface area contributed by atoms with E-state index in [1.54, 1.807) is 0 Å². The van der Waals surface area contributed by atoms with Crippen molar-refractivity contribution in [2.45, 2.75) is 0 Å². The quantitative estimate of drug-likeness (QED) is 0.210. The Labute approximate surface area is 252 Å². The highest BCUT2D eigenvalue weighted by Gasteiger charge is 2.22. The van der Waals surface area contributed by atoms with Gasteiger partial charge in [0.25, 0.3) is 0 Å². The Morgan fingerprint density at radius 3 is 2.05 bits per heavy atom. The molecule has 43 heavy (non-hydrogen) atoms. The molecule has 2 nitrogen and oxygen atoms in total. The number of furan rings is 1. The molecule has 2 aromatic heterocycles. The van der Waals surface area contributed by atoms with Crippen molar-refractivity contribution in [1.29, 1.82) is 0 Å². The summed E-state index contributed by atoms with van der Waals surface area (Å²) in [4.78, 5) is 2.32. The summed E-state index contributed by atoms with van der Waals surface area (Å²) < 4.78 is 9.30. The van der Waals surface area contributed by atoms with E-state index in [2.05, 4.69) is 150 Å². The highest BCUT2D eigenvalue weighted by Crippen LogP contribution is 2.46. The molecule has 202 valence electrons. The van der Waals surface area contributed by atoms with Crippen molar-refractivity contribution >= 4 is 81.3 Å². The van der Waals surface area contributed by atoms with Gasteiger partial charge in [-0.25, -0.2) is 0 Å². The van der Waals surface area contributed by atoms with E-state index in [9.17, 15) is 0 Å². The molecule has 0 N–H and O–H groups in total. The number of hydrogen-bond donors (Lipinski definition) is 0. The SMILES string of the molecule is c1ccc(N(c2ccc(-c3cccc4c3sc3ccccc34)cc2)c2cc3ccccc3c3c2oc2ccccc23)cc1. The summed E-state index contributed by atoms with van der Waals surface area (Å²) in [7, 11) is 0. The van der Waals surface area contributed by atoms with Crippen molar-refractivity contribution in [3.8, 4) is 11.1 Å². The molecule has 9 rings (SSSR count). The Kier molecular flexibility index (Phi) is 5.40. The molecule has 0 aliphatic rings. The van der Waals surface area contributed by atoms with Gasteiger partial charge in [0.15, 0.2) is 5.58 Å². The van der Waals surface area contributed by atoms with E-state index in [0.717, 1.165) is 39.0 Å². The first kappa shape index (κ1) is 24.2. The number of nitrogens with zero attached hydrogens (tertiary/aromatic N) is 1. The molecule has 0 aliphatic carbocycles. The predicted octanol–water partition coefficient (Wildman–Crippen LogP) is 12.2. The zero-order chi connectivity index (χ0) is 28.3. The Balaban J connectivity index is 1.26. The van der Waals surface area contributed by atoms with Crippen LogP contribution in [0, 0.1) is 0 Å². The second kappa shape index (κ2) is 9.59. The average molecular weight is 568 g/mol. The number of rotatable bonds is 4. The van der Waals surface area contributed by atoms with Crippen LogP contribution in [0.5, 0.6) is 0 Å². The molecule has 0 atom stereocenters. The zero-order valence-electron chi connectivity index (χ0n) is 23.2. The Bertz CT molecular complexity index is 2450. The second-order valence-corrected chi connectivity index (χ2v) is 12.0. The molecular formula is C40H25NOS. The van der Waals surface area contributed by atoms with Gasteiger partial charge in [-0.15, -0.1) is 11.3 Å². The minimum atomic E-state index is 0.892. The zero-order valence-corrected chi connectivity index (χ0v) is 24.0. The smallest absolute Gasteiger partial charge is 0.160 e. The molecule has 2 heterocycles. The first-order valence-corrected chi connectivity index (χ1v) is 15.3. The lowest BCUT2D eigenvalue weighted by molar-refractivity contribution is 0.669. The fourth-order valence-electron chi connectivity index (χ4n) is 6.49. The van der Waals surface area contributed by atoms with Crippen LogP contribution in [-0.2, 0) is 0 Å². The molecule has 0 fully saturated rings. The number of thiophene rings is 1. The molecule has 0 saturated carbocycles. The van der Waals surface area contributed by atoms with Gasteiger partial charge in [0, 0.05) is 42.3 Å². The van der Waals surface area contributed by atoms with Crippen LogP contribution in [-0.4, -0.2) is 0 Å². The van der Waals surface area contributed by atoms with Crippen LogP contribution in [0.3, 0.4) is 0 Å². The molecule has 0 spiro atoms. The van der Waals surface area contributed by atoms with E-state index in [0.29, 0.717) is 0 Å². The number of hydrogen-bond acceptors (Lipinski definition) is 3. The minimum absolute atomic E-state index is 0.892. The molecule has 3 heteroatoms. The lowest BCUT2D eigenvalue weighted by Crippen LogP contribution is -2.10. The van der Waals surface area contributed by atoms with Crippen molar-refractivity contribution in [2.75, 3.05) is 4.90 Å². The molecule has 0 aliphatic heterocycles. The summed E-state index contributed by atoms with van der Waals surface area (Å²) in [6.07, 6.45) is 0. The van der Waals surface area contributed by atoms with Gasteiger partial charge in [0.05, 0.1) is 5.69 Å². The van der Waals surface area contributed by atoms with E-state index in [-0.39, 0.29) is 0 Å². The Morgan fingerprint density at radius 2 is 1.19 bits per heavy atom. The largest absolute Gasteiger partial charge is 0.454 e. The van der Waals surface area contributed by atoms with Crippen molar-refractivity contribution in [2.24, 2.45) is 0 Å². The maximum Gasteiger partial charge on any atom is 0.160 e. The molecule has 7 aromatic carbocycles. The van der Waals surface area contributed by atoms with Gasteiger partial charge in [-0.2, -0.15) is 0 Å². The van der Waals surface area contributed by atoms with Crippen molar-refractivity contribution in [3.63, 3.8) is 0 Å². The summed E-state index contributed by atoms with van der Waals surface area (Å²) in [6, 6.07) is 54.1. The first-order valence-electron chi connectivity index (χ1n) is 14.5. The van der Waals surface area contributed by atoms with Crippen molar-refractivity contribution in [3.05, 3.63) is 152 Å². The van der Waals surface area contributed by atoms with E-state index in [4.69, 9.17) is 4.42 Å². The van der Waals surface area contributed by atoms with Crippen molar-refractivity contribution < 1.29 is 4.42 Å². The van der Waals surface area contributed by atoms with Crippen LogP contribution < -0.4 is 4.90 Å².